The number of nitrogens with zero attached hydrogens (tertiary/aromatic N) is 1. The maximum atomic E-state index is 12.1. The maximum Gasteiger partial charge on any atom is 0.343 e. The molecule has 0 saturated carbocycles. The lowest BCUT2D eigenvalue weighted by molar-refractivity contribution is 0.0734. The van der Waals surface area contributed by atoms with Crippen molar-refractivity contribution in [2.75, 3.05) is 11.9 Å². The Morgan fingerprint density at radius 1 is 1.04 bits per heavy atom. The lowest BCUT2D eigenvalue weighted by Gasteiger charge is -2.20. The number of anilines is 1. The van der Waals surface area contributed by atoms with Gasteiger partial charge in [0.25, 0.3) is 0 Å². The third-order valence-corrected chi connectivity index (χ3v) is 3.95. The van der Waals surface area contributed by atoms with E-state index in [0.29, 0.717) is 17.0 Å². The summed E-state index contributed by atoms with van der Waals surface area (Å²) in [6, 6.07) is 13.8. The van der Waals surface area contributed by atoms with Crippen molar-refractivity contribution < 1.29 is 14.3 Å². The van der Waals surface area contributed by atoms with Crippen molar-refractivity contribution in [3.8, 4) is 5.75 Å². The van der Waals surface area contributed by atoms with Gasteiger partial charge in [-0.3, -0.25) is 4.90 Å². The Labute approximate surface area is 155 Å². The fourth-order valence-corrected chi connectivity index (χ4v) is 2.31. The summed E-state index contributed by atoms with van der Waals surface area (Å²) in [6.07, 6.45) is 0. The molecule has 1 N–H and O–H groups in total. The van der Waals surface area contributed by atoms with E-state index < -0.39 is 5.97 Å². The Hall–Kier alpha value is -2.09. The molecule has 0 unspecified atom stereocenters. The molecule has 2 amide bonds. The standard InChI is InChI=1S/C18H19IN2O3/c1-12(2)20-18(23)21(3)15-8-10-16(11-9-15)24-17(22)13-4-6-14(19)7-5-13/h4-12H,1-3H3,(H,20,23). The average molecular weight is 438 g/mol. The second kappa shape index (κ2) is 8.14. The van der Waals surface area contributed by atoms with Crippen molar-refractivity contribution >= 4 is 40.3 Å². The summed E-state index contributed by atoms with van der Waals surface area (Å²) in [5, 5.41) is 2.81. The summed E-state index contributed by atoms with van der Waals surface area (Å²) in [5.41, 5.74) is 1.20. The molecular weight excluding hydrogens is 419 g/mol. The predicted molar refractivity (Wildman–Crippen MR) is 103 cm³/mol. The zero-order chi connectivity index (χ0) is 17.7. The Morgan fingerprint density at radius 3 is 2.17 bits per heavy atom. The van der Waals surface area contributed by atoms with E-state index in [2.05, 4.69) is 27.9 Å². The van der Waals surface area contributed by atoms with Crippen LogP contribution in [0.1, 0.15) is 24.2 Å². The van der Waals surface area contributed by atoms with Gasteiger partial charge in [0.2, 0.25) is 0 Å². The van der Waals surface area contributed by atoms with Crippen LogP contribution in [0.3, 0.4) is 0 Å². The molecule has 2 rings (SSSR count). The summed E-state index contributed by atoms with van der Waals surface area (Å²) >= 11 is 2.18. The number of benzene rings is 2. The second-order valence-corrected chi connectivity index (χ2v) is 6.80. The number of carbonyl (C=O) groups excluding carboxylic acids is 2. The molecule has 0 aromatic heterocycles. The van der Waals surface area contributed by atoms with Crippen LogP contribution < -0.4 is 15.0 Å². The topological polar surface area (TPSA) is 58.6 Å². The number of rotatable bonds is 4. The molecule has 24 heavy (non-hydrogen) atoms. The number of halogens is 1. The number of hydrogen-bond acceptors (Lipinski definition) is 3. The molecule has 2 aromatic rings. The van der Waals surface area contributed by atoms with E-state index >= 15 is 0 Å². The van der Waals surface area contributed by atoms with Gasteiger partial charge in [-0.1, -0.05) is 0 Å². The molecule has 0 radical (unpaired) electrons. The van der Waals surface area contributed by atoms with Gasteiger partial charge in [-0.2, -0.15) is 0 Å². The Morgan fingerprint density at radius 2 is 1.62 bits per heavy atom. The quantitative estimate of drug-likeness (QED) is 0.445. The molecule has 0 heterocycles. The summed E-state index contributed by atoms with van der Waals surface area (Å²) in [7, 11) is 1.68. The van der Waals surface area contributed by atoms with E-state index in [1.807, 2.05) is 26.0 Å². The average Bonchev–Trinajstić information content (AvgIpc) is 2.54. The van der Waals surface area contributed by atoms with E-state index in [1.54, 1.807) is 43.4 Å². The first-order chi connectivity index (χ1) is 11.4. The maximum absolute atomic E-state index is 12.1. The Balaban J connectivity index is 2.02. The molecule has 0 fully saturated rings. The molecule has 0 aliphatic heterocycles. The molecule has 0 aliphatic rings. The van der Waals surface area contributed by atoms with Crippen LogP contribution in [0.5, 0.6) is 5.75 Å². The number of urea groups is 1. The second-order valence-electron chi connectivity index (χ2n) is 5.55. The molecule has 0 atom stereocenters. The highest BCUT2D eigenvalue weighted by atomic mass is 127. The number of carbonyl (C=O) groups is 2. The fourth-order valence-electron chi connectivity index (χ4n) is 1.95. The van der Waals surface area contributed by atoms with E-state index in [1.165, 1.54) is 4.90 Å². The molecule has 5 nitrogen and oxygen atoms in total. The first kappa shape index (κ1) is 18.3. The van der Waals surface area contributed by atoms with Crippen molar-refractivity contribution in [3.05, 3.63) is 57.7 Å². The van der Waals surface area contributed by atoms with Crippen molar-refractivity contribution in [1.29, 1.82) is 0 Å². The molecule has 0 spiro atoms. The van der Waals surface area contributed by atoms with Gasteiger partial charge >= 0.3 is 12.0 Å². The SMILES string of the molecule is CC(C)NC(=O)N(C)c1ccc(OC(=O)c2ccc(I)cc2)cc1. The third kappa shape index (κ3) is 4.95. The highest BCUT2D eigenvalue weighted by Crippen LogP contribution is 2.20. The van der Waals surface area contributed by atoms with Crippen LogP contribution in [-0.2, 0) is 0 Å². The number of ether oxygens (including phenoxy) is 1. The smallest absolute Gasteiger partial charge is 0.343 e. The first-order valence-electron chi connectivity index (χ1n) is 7.49. The molecule has 0 bridgehead atoms. The van der Waals surface area contributed by atoms with Crippen LogP contribution in [0.25, 0.3) is 0 Å². The van der Waals surface area contributed by atoms with Crippen molar-refractivity contribution in [2.24, 2.45) is 0 Å². The molecule has 2 aromatic carbocycles. The van der Waals surface area contributed by atoms with Crippen molar-refractivity contribution in [3.63, 3.8) is 0 Å². The highest BCUT2D eigenvalue weighted by molar-refractivity contribution is 14.1. The minimum atomic E-state index is -0.412. The summed E-state index contributed by atoms with van der Waals surface area (Å²) in [5.74, 6) is 0.0185. The van der Waals surface area contributed by atoms with Crippen molar-refractivity contribution in [2.45, 2.75) is 19.9 Å². The van der Waals surface area contributed by atoms with E-state index in [0.717, 1.165) is 3.57 Å². The van der Waals surface area contributed by atoms with E-state index in [9.17, 15) is 9.59 Å². The van der Waals surface area contributed by atoms with Gasteiger partial charge in [0.05, 0.1) is 5.56 Å². The molecule has 0 saturated heterocycles. The summed E-state index contributed by atoms with van der Waals surface area (Å²) < 4.78 is 6.39. The third-order valence-electron chi connectivity index (χ3n) is 3.23. The Kier molecular flexibility index (Phi) is 6.19. The van der Waals surface area contributed by atoms with Crippen LogP contribution in [0.4, 0.5) is 10.5 Å². The monoisotopic (exact) mass is 438 g/mol. The zero-order valence-corrected chi connectivity index (χ0v) is 15.9. The number of amides is 2. The summed E-state index contributed by atoms with van der Waals surface area (Å²) in [4.78, 5) is 25.5. The molecule has 126 valence electrons. The molecular formula is C18H19IN2O3. The van der Waals surface area contributed by atoms with Crippen LogP contribution >= 0.6 is 22.6 Å². The number of hydrogen-bond donors (Lipinski definition) is 1. The van der Waals surface area contributed by atoms with Crippen molar-refractivity contribution in [1.82, 2.24) is 5.32 Å². The van der Waals surface area contributed by atoms with Gasteiger partial charge in [0, 0.05) is 22.3 Å². The number of nitrogens with one attached hydrogen (secondary N) is 1. The van der Waals surface area contributed by atoms with Gasteiger partial charge in [0.15, 0.2) is 0 Å². The van der Waals surface area contributed by atoms with Gasteiger partial charge in [0.1, 0.15) is 5.75 Å². The van der Waals surface area contributed by atoms with Gasteiger partial charge in [-0.05, 0) is 85.0 Å². The van der Waals surface area contributed by atoms with Gasteiger partial charge < -0.3 is 10.1 Å². The zero-order valence-electron chi connectivity index (χ0n) is 13.7. The van der Waals surface area contributed by atoms with Crippen LogP contribution in [0.15, 0.2) is 48.5 Å². The van der Waals surface area contributed by atoms with E-state index in [4.69, 9.17) is 4.74 Å². The predicted octanol–water partition coefficient (Wildman–Crippen LogP) is 4.06. The van der Waals surface area contributed by atoms with Crippen LogP contribution in [0.2, 0.25) is 0 Å². The summed E-state index contributed by atoms with van der Waals surface area (Å²) in [6.45, 7) is 3.80. The van der Waals surface area contributed by atoms with Crippen LogP contribution in [0, 0.1) is 3.57 Å². The van der Waals surface area contributed by atoms with Gasteiger partial charge in [-0.15, -0.1) is 0 Å². The van der Waals surface area contributed by atoms with Crippen LogP contribution in [-0.4, -0.2) is 25.1 Å². The van der Waals surface area contributed by atoms with E-state index in [-0.39, 0.29) is 12.1 Å². The highest BCUT2D eigenvalue weighted by Gasteiger charge is 2.13. The lowest BCUT2D eigenvalue weighted by Crippen LogP contribution is -2.40. The Bertz CT molecular complexity index is 712. The molecule has 0 aliphatic carbocycles. The molecule has 6 heteroatoms. The minimum Gasteiger partial charge on any atom is -0.423 e. The lowest BCUT2D eigenvalue weighted by atomic mass is 10.2. The number of esters is 1. The minimum absolute atomic E-state index is 0.0640. The largest absolute Gasteiger partial charge is 0.423 e. The van der Waals surface area contributed by atoms with Gasteiger partial charge in [-0.25, -0.2) is 9.59 Å². The normalized spacial score (nSPS) is 10.4. The first-order valence-corrected chi connectivity index (χ1v) is 8.56. The fraction of sp³-hybridized carbons (Fsp3) is 0.222.